The van der Waals surface area contributed by atoms with E-state index in [9.17, 15) is 4.79 Å². The van der Waals surface area contributed by atoms with Crippen LogP contribution in [0.15, 0.2) is 24.3 Å². The minimum absolute atomic E-state index is 0.145. The normalized spacial score (nSPS) is 28.1. The lowest BCUT2D eigenvalue weighted by Gasteiger charge is -2.27. The van der Waals surface area contributed by atoms with E-state index in [2.05, 4.69) is 24.3 Å². The van der Waals surface area contributed by atoms with Gasteiger partial charge in [0.2, 0.25) is 0 Å². The van der Waals surface area contributed by atoms with Crippen LogP contribution in [0.5, 0.6) is 0 Å². The lowest BCUT2D eigenvalue weighted by atomic mass is 9.90. The number of hydrogen-bond donors (Lipinski definition) is 0. The Morgan fingerprint density at radius 2 is 2.12 bits per heavy atom. The summed E-state index contributed by atoms with van der Waals surface area (Å²) >= 11 is 0. The molecule has 0 amide bonds. The van der Waals surface area contributed by atoms with Crippen LogP contribution in [0.25, 0.3) is 0 Å². The second kappa shape index (κ2) is 4.61. The topological polar surface area (TPSA) is 26.3 Å². The van der Waals surface area contributed by atoms with Crippen molar-refractivity contribution >= 4 is 5.78 Å². The standard InChI is InChI=1S/C15H18O2/c16-14-7-3-5-12(14)10-15-13-6-2-1-4-11(13)8-9-17-15/h1-2,4,6,12,15H,3,5,7-10H2. The van der Waals surface area contributed by atoms with Gasteiger partial charge in [-0.3, -0.25) is 4.79 Å². The third-order valence-electron chi connectivity index (χ3n) is 4.02. The third-order valence-corrected chi connectivity index (χ3v) is 4.02. The van der Waals surface area contributed by atoms with E-state index in [0.717, 1.165) is 38.7 Å². The molecule has 1 aliphatic heterocycles. The van der Waals surface area contributed by atoms with E-state index >= 15 is 0 Å². The SMILES string of the molecule is O=C1CCCC1CC1OCCc2ccccc21. The smallest absolute Gasteiger partial charge is 0.136 e. The van der Waals surface area contributed by atoms with Gasteiger partial charge in [0.05, 0.1) is 12.7 Å². The number of rotatable bonds is 2. The summed E-state index contributed by atoms with van der Waals surface area (Å²) in [7, 11) is 0. The molecule has 1 heterocycles. The highest BCUT2D eigenvalue weighted by Crippen LogP contribution is 2.36. The van der Waals surface area contributed by atoms with Gasteiger partial charge < -0.3 is 4.74 Å². The van der Waals surface area contributed by atoms with Crippen LogP contribution in [0.1, 0.15) is 42.9 Å². The largest absolute Gasteiger partial charge is 0.373 e. The molecule has 90 valence electrons. The molecule has 2 nitrogen and oxygen atoms in total. The molecule has 2 atom stereocenters. The summed E-state index contributed by atoms with van der Waals surface area (Å²) in [6, 6.07) is 8.48. The summed E-state index contributed by atoms with van der Waals surface area (Å²) in [6.07, 6.45) is 4.94. The monoisotopic (exact) mass is 230 g/mol. The first kappa shape index (κ1) is 11.0. The van der Waals surface area contributed by atoms with Gasteiger partial charge in [-0.25, -0.2) is 0 Å². The molecule has 2 aliphatic rings. The van der Waals surface area contributed by atoms with Crippen molar-refractivity contribution in [3.05, 3.63) is 35.4 Å². The van der Waals surface area contributed by atoms with Crippen LogP contribution >= 0.6 is 0 Å². The number of benzene rings is 1. The van der Waals surface area contributed by atoms with Gasteiger partial charge in [-0.1, -0.05) is 24.3 Å². The number of carbonyl (C=O) groups excluding carboxylic acids is 1. The van der Waals surface area contributed by atoms with Gasteiger partial charge in [-0.05, 0) is 36.8 Å². The molecule has 1 aromatic carbocycles. The highest BCUT2D eigenvalue weighted by Gasteiger charge is 2.30. The lowest BCUT2D eigenvalue weighted by molar-refractivity contribution is -0.122. The van der Waals surface area contributed by atoms with Crippen LogP contribution in [0.2, 0.25) is 0 Å². The Bertz CT molecular complexity index is 425. The van der Waals surface area contributed by atoms with Crippen molar-refractivity contribution in [3.8, 4) is 0 Å². The molecular weight excluding hydrogens is 212 g/mol. The fourth-order valence-electron chi connectivity index (χ4n) is 3.07. The Balaban J connectivity index is 1.78. The van der Waals surface area contributed by atoms with Gasteiger partial charge >= 0.3 is 0 Å². The molecule has 2 unspecified atom stereocenters. The van der Waals surface area contributed by atoms with Gasteiger partial charge in [0, 0.05) is 12.3 Å². The van der Waals surface area contributed by atoms with Gasteiger partial charge in [0.1, 0.15) is 5.78 Å². The van der Waals surface area contributed by atoms with E-state index in [1.165, 1.54) is 11.1 Å². The van der Waals surface area contributed by atoms with E-state index in [1.54, 1.807) is 0 Å². The molecule has 0 radical (unpaired) electrons. The van der Waals surface area contributed by atoms with Crippen molar-refractivity contribution in [2.75, 3.05) is 6.61 Å². The molecule has 0 saturated heterocycles. The van der Waals surface area contributed by atoms with E-state index in [0.29, 0.717) is 5.78 Å². The van der Waals surface area contributed by atoms with E-state index in [1.807, 2.05) is 0 Å². The maximum atomic E-state index is 11.7. The molecule has 1 fully saturated rings. The molecule has 0 N–H and O–H groups in total. The summed E-state index contributed by atoms with van der Waals surface area (Å²) in [4.78, 5) is 11.7. The Hall–Kier alpha value is -1.15. The first-order chi connectivity index (χ1) is 8.34. The Labute approximate surface area is 102 Å². The fourth-order valence-corrected chi connectivity index (χ4v) is 3.07. The van der Waals surface area contributed by atoms with Crippen LogP contribution in [0, 0.1) is 5.92 Å². The molecule has 0 aromatic heterocycles. The van der Waals surface area contributed by atoms with E-state index < -0.39 is 0 Å². The molecule has 0 spiro atoms. The number of ketones is 1. The number of carbonyl (C=O) groups is 1. The lowest BCUT2D eigenvalue weighted by Crippen LogP contribution is -2.20. The fraction of sp³-hybridized carbons (Fsp3) is 0.533. The minimum Gasteiger partial charge on any atom is -0.373 e. The minimum atomic E-state index is 0.145. The van der Waals surface area contributed by atoms with Crippen molar-refractivity contribution in [2.45, 2.75) is 38.2 Å². The molecule has 1 saturated carbocycles. The highest BCUT2D eigenvalue weighted by atomic mass is 16.5. The molecule has 0 bridgehead atoms. The Kier molecular flexibility index (Phi) is 2.98. The second-order valence-corrected chi connectivity index (χ2v) is 5.10. The predicted octanol–water partition coefficient (Wildman–Crippen LogP) is 3.06. The molecule has 2 heteroatoms. The zero-order valence-electron chi connectivity index (χ0n) is 10.0. The van der Waals surface area contributed by atoms with Gasteiger partial charge in [-0.2, -0.15) is 0 Å². The van der Waals surface area contributed by atoms with Crippen LogP contribution < -0.4 is 0 Å². The maximum Gasteiger partial charge on any atom is 0.136 e. The number of ether oxygens (including phenoxy) is 1. The van der Waals surface area contributed by atoms with Crippen molar-refractivity contribution in [3.63, 3.8) is 0 Å². The zero-order chi connectivity index (χ0) is 11.7. The predicted molar refractivity (Wildman–Crippen MR) is 65.8 cm³/mol. The van der Waals surface area contributed by atoms with Crippen molar-refractivity contribution < 1.29 is 9.53 Å². The quantitative estimate of drug-likeness (QED) is 0.780. The average molecular weight is 230 g/mol. The Morgan fingerprint density at radius 3 is 2.94 bits per heavy atom. The summed E-state index contributed by atoms with van der Waals surface area (Å²) < 4.78 is 5.86. The number of Topliss-reactive ketones (excluding diaryl/α,β-unsaturated/α-hetero) is 1. The number of fused-ring (bicyclic) bond motifs is 1. The van der Waals surface area contributed by atoms with E-state index in [4.69, 9.17) is 4.74 Å². The summed E-state index contributed by atoms with van der Waals surface area (Å²) in [5, 5.41) is 0. The van der Waals surface area contributed by atoms with E-state index in [-0.39, 0.29) is 12.0 Å². The zero-order valence-corrected chi connectivity index (χ0v) is 10.0. The summed E-state index contributed by atoms with van der Waals surface area (Å²) in [5.74, 6) is 0.683. The molecule has 1 aromatic rings. The molecule has 17 heavy (non-hydrogen) atoms. The molecular formula is C15H18O2. The highest BCUT2D eigenvalue weighted by molar-refractivity contribution is 5.82. The van der Waals surface area contributed by atoms with Gasteiger partial charge in [-0.15, -0.1) is 0 Å². The third kappa shape index (κ3) is 2.14. The molecule has 3 rings (SSSR count). The first-order valence-corrected chi connectivity index (χ1v) is 6.57. The van der Waals surface area contributed by atoms with Gasteiger partial charge in [0.25, 0.3) is 0 Å². The number of hydrogen-bond acceptors (Lipinski definition) is 2. The average Bonchev–Trinajstić information content (AvgIpc) is 2.76. The second-order valence-electron chi connectivity index (χ2n) is 5.10. The van der Waals surface area contributed by atoms with Gasteiger partial charge in [0.15, 0.2) is 0 Å². The van der Waals surface area contributed by atoms with Crippen molar-refractivity contribution in [2.24, 2.45) is 5.92 Å². The summed E-state index contributed by atoms with van der Waals surface area (Å²) in [6.45, 7) is 0.794. The first-order valence-electron chi connectivity index (χ1n) is 6.57. The van der Waals surface area contributed by atoms with Crippen molar-refractivity contribution in [1.82, 2.24) is 0 Å². The van der Waals surface area contributed by atoms with Crippen LogP contribution in [-0.2, 0) is 16.0 Å². The van der Waals surface area contributed by atoms with Crippen LogP contribution in [0.4, 0.5) is 0 Å². The maximum absolute atomic E-state index is 11.7. The summed E-state index contributed by atoms with van der Waals surface area (Å²) in [5.41, 5.74) is 2.70. The van der Waals surface area contributed by atoms with Crippen molar-refractivity contribution in [1.29, 1.82) is 0 Å². The molecule has 1 aliphatic carbocycles. The Morgan fingerprint density at radius 1 is 1.24 bits per heavy atom. The van der Waals surface area contributed by atoms with Crippen LogP contribution in [-0.4, -0.2) is 12.4 Å². The van der Waals surface area contributed by atoms with Crippen LogP contribution in [0.3, 0.4) is 0 Å².